The lowest BCUT2D eigenvalue weighted by Crippen LogP contribution is -2.23. The largest absolute Gasteiger partial charge is 0.473 e. The molecule has 1 saturated heterocycles. The molecule has 0 aromatic carbocycles. The maximum absolute atomic E-state index is 13.3. The second-order valence-corrected chi connectivity index (χ2v) is 10.1. The number of fused-ring (bicyclic) bond motifs is 1. The van der Waals surface area contributed by atoms with Gasteiger partial charge in [-0.3, -0.25) is 4.79 Å². The molecule has 0 saturated carbocycles. The normalized spacial score (nSPS) is 16.3. The molecule has 10 nitrogen and oxygen atoms in total. The molecule has 4 aromatic rings. The molecule has 188 valence electrons. The highest BCUT2D eigenvalue weighted by Crippen LogP contribution is 2.29. The highest BCUT2D eigenvalue weighted by atomic mass is 35.5. The first-order valence-corrected chi connectivity index (χ1v) is 12.5. The van der Waals surface area contributed by atoms with Crippen LogP contribution in [0.2, 0.25) is 10.2 Å². The molecule has 0 N–H and O–H groups in total. The van der Waals surface area contributed by atoms with Crippen molar-refractivity contribution < 1.29 is 9.53 Å². The number of nitrogens with zero attached hydrogens (tertiary/aromatic N) is 8. The van der Waals surface area contributed by atoms with Crippen LogP contribution < -0.4 is 4.74 Å². The van der Waals surface area contributed by atoms with Crippen LogP contribution >= 0.6 is 23.2 Å². The number of hydrogen-bond acceptors (Lipinski definition) is 8. The fourth-order valence-corrected chi connectivity index (χ4v) is 4.96. The number of hydrogen-bond donors (Lipinski definition) is 0. The van der Waals surface area contributed by atoms with Gasteiger partial charge in [0, 0.05) is 43.8 Å². The zero-order valence-electron chi connectivity index (χ0n) is 20.2. The molecule has 5 rings (SSSR count). The van der Waals surface area contributed by atoms with Gasteiger partial charge >= 0.3 is 0 Å². The molecule has 1 aliphatic heterocycles. The summed E-state index contributed by atoms with van der Waals surface area (Å²) in [6, 6.07) is 3.42. The second-order valence-electron chi connectivity index (χ2n) is 9.32. The third kappa shape index (κ3) is 5.07. The highest BCUT2D eigenvalue weighted by Gasteiger charge is 2.25. The molecule has 1 aliphatic rings. The lowest BCUT2D eigenvalue weighted by molar-refractivity contribution is -0.117. The summed E-state index contributed by atoms with van der Waals surface area (Å²) < 4.78 is 7.98. The average Bonchev–Trinajstić information content (AvgIpc) is 3.56. The molecule has 5 heterocycles. The third-order valence-corrected chi connectivity index (χ3v) is 6.59. The van der Waals surface area contributed by atoms with Gasteiger partial charge in [0.2, 0.25) is 5.88 Å². The van der Waals surface area contributed by atoms with Crippen LogP contribution in [0.4, 0.5) is 0 Å². The van der Waals surface area contributed by atoms with E-state index in [2.05, 4.69) is 44.0 Å². The van der Waals surface area contributed by atoms with Crippen molar-refractivity contribution in [2.24, 2.45) is 0 Å². The first kappa shape index (κ1) is 24.6. The van der Waals surface area contributed by atoms with Crippen LogP contribution in [0.15, 0.2) is 30.7 Å². The van der Waals surface area contributed by atoms with E-state index in [-0.39, 0.29) is 30.6 Å². The Kier molecular flexibility index (Phi) is 6.92. The van der Waals surface area contributed by atoms with Crippen molar-refractivity contribution in [3.8, 4) is 11.7 Å². The summed E-state index contributed by atoms with van der Waals surface area (Å²) in [7, 11) is 2.05. The first-order chi connectivity index (χ1) is 17.3. The fourth-order valence-electron chi connectivity index (χ4n) is 4.54. The molecule has 1 atom stereocenters. The summed E-state index contributed by atoms with van der Waals surface area (Å²) in [4.78, 5) is 25.9. The van der Waals surface area contributed by atoms with Crippen molar-refractivity contribution in [1.82, 2.24) is 39.5 Å². The van der Waals surface area contributed by atoms with Crippen LogP contribution in [0.25, 0.3) is 11.5 Å². The number of carbonyl (C=O) groups excluding carboxylic acids is 1. The van der Waals surface area contributed by atoms with E-state index in [1.807, 2.05) is 7.05 Å². The Labute approximate surface area is 218 Å². The lowest BCUT2D eigenvalue weighted by Gasteiger charge is -2.18. The van der Waals surface area contributed by atoms with Crippen LogP contribution in [-0.2, 0) is 17.6 Å². The molecular weight excluding hydrogens is 503 g/mol. The molecule has 0 radical (unpaired) electrons. The van der Waals surface area contributed by atoms with Crippen molar-refractivity contribution in [3.05, 3.63) is 57.7 Å². The summed E-state index contributed by atoms with van der Waals surface area (Å²) in [6.07, 6.45) is 5.95. The fraction of sp³-hybridized carbons (Fsp3) is 0.417. The van der Waals surface area contributed by atoms with E-state index in [0.717, 1.165) is 30.8 Å². The molecule has 4 aromatic heterocycles. The van der Waals surface area contributed by atoms with E-state index in [0.29, 0.717) is 33.1 Å². The minimum absolute atomic E-state index is 0.0208. The number of Topliss-reactive ketones (excluding diaryl/α,β-unsaturated/α-hetero) is 1. The second kappa shape index (κ2) is 10.1. The Morgan fingerprint density at radius 1 is 1.17 bits per heavy atom. The summed E-state index contributed by atoms with van der Waals surface area (Å²) in [6.45, 7) is 5.82. The number of pyridine rings is 1. The number of likely N-dealkylation sites (tertiary alicyclic amines) is 1. The monoisotopic (exact) mass is 528 g/mol. The van der Waals surface area contributed by atoms with Gasteiger partial charge in [0.1, 0.15) is 11.9 Å². The lowest BCUT2D eigenvalue weighted by atomic mass is 9.98. The van der Waals surface area contributed by atoms with Gasteiger partial charge in [0.05, 0.1) is 23.1 Å². The van der Waals surface area contributed by atoms with Gasteiger partial charge in [-0.2, -0.15) is 20.3 Å². The summed E-state index contributed by atoms with van der Waals surface area (Å²) in [5.74, 6) is 0.820. The molecule has 1 fully saturated rings. The Morgan fingerprint density at radius 2 is 1.92 bits per heavy atom. The van der Waals surface area contributed by atoms with Crippen LogP contribution in [-0.4, -0.2) is 71.5 Å². The molecule has 1 unspecified atom stereocenters. The number of ether oxygens (including phenoxy) is 1. The smallest absolute Gasteiger partial charge is 0.219 e. The molecule has 0 amide bonds. The van der Waals surface area contributed by atoms with Crippen molar-refractivity contribution in [2.45, 2.75) is 45.1 Å². The Hall–Kier alpha value is -3.08. The molecule has 12 heteroatoms. The molecule has 0 bridgehead atoms. The highest BCUT2D eigenvalue weighted by molar-refractivity contribution is 6.32. The summed E-state index contributed by atoms with van der Waals surface area (Å²) in [5.41, 5.74) is 2.98. The first-order valence-electron chi connectivity index (χ1n) is 11.7. The standard InChI is InChI=1S/C24H26Cl2N8O2/c1-14(2)22-16(12-27-21-11-20(26)31-33(21)22)9-17(35)8-15-10-19(25)23(34-28-5-6-29-34)30-24(15)36-18-4-7-32(3)13-18/h5-6,10-12,14,18H,4,7-9,13H2,1-3H3. The quantitative estimate of drug-likeness (QED) is 0.341. The topological polar surface area (TPSA) is 103 Å². The number of carbonyl (C=O) groups is 1. The Bertz CT molecular complexity index is 1400. The third-order valence-electron chi connectivity index (χ3n) is 6.12. The minimum Gasteiger partial charge on any atom is -0.473 e. The van der Waals surface area contributed by atoms with E-state index in [4.69, 9.17) is 27.9 Å². The van der Waals surface area contributed by atoms with Gasteiger partial charge in [-0.05, 0) is 31.0 Å². The number of ketones is 1. The Morgan fingerprint density at radius 3 is 2.61 bits per heavy atom. The predicted octanol–water partition coefficient (Wildman–Crippen LogP) is 3.57. The van der Waals surface area contributed by atoms with Crippen LogP contribution in [0, 0.1) is 0 Å². The zero-order chi connectivity index (χ0) is 25.4. The number of aromatic nitrogens is 7. The molecule has 36 heavy (non-hydrogen) atoms. The van der Waals surface area contributed by atoms with Gasteiger partial charge in [0.15, 0.2) is 16.6 Å². The number of halogens is 2. The van der Waals surface area contributed by atoms with Crippen LogP contribution in [0.5, 0.6) is 5.88 Å². The molecule has 0 aliphatic carbocycles. The maximum atomic E-state index is 13.3. The summed E-state index contributed by atoms with van der Waals surface area (Å²) in [5, 5.41) is 13.3. The summed E-state index contributed by atoms with van der Waals surface area (Å²) >= 11 is 12.6. The van der Waals surface area contributed by atoms with Gasteiger partial charge < -0.3 is 9.64 Å². The van der Waals surface area contributed by atoms with E-state index in [1.54, 1.807) is 35.2 Å². The predicted molar refractivity (Wildman–Crippen MR) is 135 cm³/mol. The van der Waals surface area contributed by atoms with E-state index >= 15 is 0 Å². The van der Waals surface area contributed by atoms with Crippen molar-refractivity contribution in [3.63, 3.8) is 0 Å². The van der Waals surface area contributed by atoms with Crippen molar-refractivity contribution >= 4 is 34.6 Å². The van der Waals surface area contributed by atoms with Gasteiger partial charge in [0.25, 0.3) is 0 Å². The van der Waals surface area contributed by atoms with Gasteiger partial charge in [-0.15, -0.1) is 4.80 Å². The van der Waals surface area contributed by atoms with E-state index in [9.17, 15) is 4.79 Å². The number of likely N-dealkylation sites (N-methyl/N-ethyl adjacent to an activating group) is 1. The van der Waals surface area contributed by atoms with Gasteiger partial charge in [-0.1, -0.05) is 37.0 Å². The van der Waals surface area contributed by atoms with Gasteiger partial charge in [-0.25, -0.2) is 9.50 Å². The van der Waals surface area contributed by atoms with Crippen molar-refractivity contribution in [1.29, 1.82) is 0 Å². The number of rotatable bonds is 8. The van der Waals surface area contributed by atoms with Crippen LogP contribution in [0.1, 0.15) is 43.0 Å². The van der Waals surface area contributed by atoms with Crippen LogP contribution in [0.3, 0.4) is 0 Å². The van der Waals surface area contributed by atoms with E-state index in [1.165, 1.54) is 4.80 Å². The zero-order valence-corrected chi connectivity index (χ0v) is 21.7. The maximum Gasteiger partial charge on any atom is 0.219 e. The minimum atomic E-state index is -0.0281. The molecule has 0 spiro atoms. The molecular formula is C24H26Cl2N8O2. The van der Waals surface area contributed by atoms with E-state index < -0.39 is 0 Å². The average molecular weight is 529 g/mol. The van der Waals surface area contributed by atoms with Crippen molar-refractivity contribution in [2.75, 3.05) is 20.1 Å². The SMILES string of the molecule is CC(C)c1c(CC(=O)Cc2cc(Cl)c(-n3nccn3)nc2OC2CCN(C)C2)cnc2cc(Cl)nn12. The Balaban J connectivity index is 1.44.